The van der Waals surface area contributed by atoms with Crippen LogP contribution in [0.25, 0.3) is 0 Å². The molecule has 0 aliphatic carbocycles. The number of nitrogens with one attached hydrogen (secondary N) is 1. The molecule has 0 atom stereocenters. The highest BCUT2D eigenvalue weighted by Crippen LogP contribution is 2.29. The molecule has 0 aromatic heterocycles. The second kappa shape index (κ2) is 8.82. The van der Waals surface area contributed by atoms with Crippen LogP contribution in [0.3, 0.4) is 0 Å². The lowest BCUT2D eigenvalue weighted by atomic mass is 10.2. The number of nitrogens with zero attached hydrogens (tertiary/aromatic N) is 4. The molecule has 1 aliphatic heterocycles. The molecule has 1 amide bonds. The summed E-state index contributed by atoms with van der Waals surface area (Å²) in [5, 5.41) is 22.7. The molecule has 9 nitrogen and oxygen atoms in total. The number of nitro groups is 1. The number of carbonyl (C=O) groups excluding carboxylic acids is 1. The normalized spacial score (nSPS) is 15.3. The van der Waals surface area contributed by atoms with Crippen LogP contribution in [0.5, 0.6) is 5.75 Å². The minimum absolute atomic E-state index is 0.0321. The molecule has 0 bridgehead atoms. The zero-order valence-electron chi connectivity index (χ0n) is 14.8. The van der Waals surface area contributed by atoms with E-state index in [-0.39, 0.29) is 22.7 Å². The van der Waals surface area contributed by atoms with Gasteiger partial charge in [-0.25, -0.2) is 0 Å². The topological polar surface area (TPSA) is 112 Å². The summed E-state index contributed by atoms with van der Waals surface area (Å²) >= 11 is 0. The molecule has 0 radical (unpaired) electrons. The van der Waals surface area contributed by atoms with Crippen LogP contribution >= 0.6 is 0 Å². The average Bonchev–Trinajstić information content (AvgIpc) is 2.66. The minimum Gasteiger partial charge on any atom is -0.494 e. The first-order valence-corrected chi connectivity index (χ1v) is 8.20. The fraction of sp³-hybridized carbons (Fsp3) is 0.412. The Balaban J connectivity index is 2.11. The summed E-state index contributed by atoms with van der Waals surface area (Å²) < 4.78 is 5.09. The van der Waals surface area contributed by atoms with Crippen LogP contribution in [-0.2, 0) is 4.79 Å². The third-order valence-electron chi connectivity index (χ3n) is 4.17. The SMILES string of the molecule is CCN1CCN(/C=C(/C#N)C(=O)Nc2ccc([N+](=O)[O-])cc2OC)CC1. The summed E-state index contributed by atoms with van der Waals surface area (Å²) in [7, 11) is 1.35. The molecule has 0 unspecified atom stereocenters. The lowest BCUT2D eigenvalue weighted by Crippen LogP contribution is -2.44. The van der Waals surface area contributed by atoms with E-state index in [9.17, 15) is 20.2 Å². The predicted octanol–water partition coefficient (Wildman–Crippen LogP) is 1.59. The van der Waals surface area contributed by atoms with Gasteiger partial charge >= 0.3 is 0 Å². The van der Waals surface area contributed by atoms with E-state index in [0.717, 1.165) is 32.7 Å². The van der Waals surface area contributed by atoms with E-state index < -0.39 is 10.8 Å². The Morgan fingerprint density at radius 3 is 2.65 bits per heavy atom. The smallest absolute Gasteiger partial charge is 0.273 e. The van der Waals surface area contributed by atoms with Gasteiger partial charge in [-0.3, -0.25) is 14.9 Å². The number of hydrogen-bond donors (Lipinski definition) is 1. The molecule has 26 heavy (non-hydrogen) atoms. The fourth-order valence-electron chi connectivity index (χ4n) is 2.62. The van der Waals surface area contributed by atoms with Gasteiger partial charge in [0.05, 0.1) is 23.8 Å². The molecule has 2 rings (SSSR count). The fourth-order valence-corrected chi connectivity index (χ4v) is 2.62. The van der Waals surface area contributed by atoms with E-state index in [4.69, 9.17) is 4.74 Å². The number of piperazine rings is 1. The van der Waals surface area contributed by atoms with Crippen LogP contribution in [0.1, 0.15) is 6.92 Å². The van der Waals surface area contributed by atoms with Gasteiger partial charge in [-0.1, -0.05) is 6.92 Å². The number of amides is 1. The second-order valence-electron chi connectivity index (χ2n) is 5.72. The summed E-state index contributed by atoms with van der Waals surface area (Å²) in [4.78, 5) is 26.9. The van der Waals surface area contributed by atoms with E-state index in [0.29, 0.717) is 0 Å². The second-order valence-corrected chi connectivity index (χ2v) is 5.72. The number of likely N-dealkylation sites (N-methyl/N-ethyl adjacent to an activating group) is 1. The van der Waals surface area contributed by atoms with Crippen LogP contribution in [0.2, 0.25) is 0 Å². The first-order valence-electron chi connectivity index (χ1n) is 8.20. The molecule has 0 spiro atoms. The molecular formula is C17H21N5O4. The Bertz CT molecular complexity index is 748. The van der Waals surface area contributed by atoms with Crippen molar-refractivity contribution in [3.05, 3.63) is 40.1 Å². The standard InChI is InChI=1S/C17H21N5O4/c1-3-20-6-8-21(9-7-20)12-13(11-18)17(23)19-15-5-4-14(22(24)25)10-16(15)26-2/h4-5,10,12H,3,6-9H2,1-2H3,(H,19,23)/b13-12-. The van der Waals surface area contributed by atoms with Crippen LogP contribution in [0.15, 0.2) is 30.0 Å². The maximum absolute atomic E-state index is 12.4. The average molecular weight is 359 g/mol. The van der Waals surface area contributed by atoms with Gasteiger partial charge in [0.1, 0.15) is 17.4 Å². The number of hydrogen-bond acceptors (Lipinski definition) is 7. The van der Waals surface area contributed by atoms with Gasteiger partial charge in [0.2, 0.25) is 0 Å². The third-order valence-corrected chi connectivity index (χ3v) is 4.17. The number of non-ortho nitro benzene ring substituents is 1. The highest BCUT2D eigenvalue weighted by Gasteiger charge is 2.18. The van der Waals surface area contributed by atoms with E-state index in [1.165, 1.54) is 25.3 Å². The van der Waals surface area contributed by atoms with Gasteiger partial charge < -0.3 is 19.9 Å². The maximum atomic E-state index is 12.4. The van der Waals surface area contributed by atoms with Crippen molar-refractivity contribution in [1.29, 1.82) is 5.26 Å². The number of nitriles is 1. The summed E-state index contributed by atoms with van der Waals surface area (Å²) in [5.74, 6) is -0.432. The van der Waals surface area contributed by atoms with Crippen LogP contribution < -0.4 is 10.1 Å². The van der Waals surface area contributed by atoms with E-state index in [2.05, 4.69) is 17.1 Å². The van der Waals surface area contributed by atoms with Crippen molar-refractivity contribution in [2.24, 2.45) is 0 Å². The molecule has 0 saturated carbocycles. The number of nitro benzene ring substituents is 1. The van der Waals surface area contributed by atoms with Gasteiger partial charge in [0.15, 0.2) is 0 Å². The number of anilines is 1. The molecule has 1 saturated heterocycles. The Kier molecular flexibility index (Phi) is 6.52. The maximum Gasteiger partial charge on any atom is 0.273 e. The summed E-state index contributed by atoms with van der Waals surface area (Å²) in [5.41, 5.74) is 0.0834. The number of carbonyl (C=O) groups is 1. The molecule has 9 heteroatoms. The van der Waals surface area contributed by atoms with Gasteiger partial charge in [0.25, 0.3) is 11.6 Å². The molecule has 138 valence electrons. The largest absolute Gasteiger partial charge is 0.494 e. The molecule has 1 fully saturated rings. The van der Waals surface area contributed by atoms with Crippen molar-refractivity contribution >= 4 is 17.3 Å². The van der Waals surface area contributed by atoms with Gasteiger partial charge in [-0.2, -0.15) is 5.26 Å². The van der Waals surface area contributed by atoms with E-state index in [1.54, 1.807) is 6.20 Å². The van der Waals surface area contributed by atoms with Crippen molar-refractivity contribution < 1.29 is 14.5 Å². The highest BCUT2D eigenvalue weighted by molar-refractivity contribution is 6.07. The van der Waals surface area contributed by atoms with Gasteiger partial charge in [-0.15, -0.1) is 0 Å². The number of rotatable bonds is 6. The Morgan fingerprint density at radius 1 is 1.42 bits per heavy atom. The molecule has 1 aromatic carbocycles. The molecule has 1 heterocycles. The predicted molar refractivity (Wildman–Crippen MR) is 95.7 cm³/mol. The van der Waals surface area contributed by atoms with Crippen LogP contribution in [0, 0.1) is 21.4 Å². The van der Waals surface area contributed by atoms with Crippen molar-refractivity contribution in [1.82, 2.24) is 9.80 Å². The summed E-state index contributed by atoms with van der Waals surface area (Å²) in [6, 6.07) is 5.76. The van der Waals surface area contributed by atoms with Crippen LogP contribution in [0.4, 0.5) is 11.4 Å². The molecule has 1 N–H and O–H groups in total. The van der Waals surface area contributed by atoms with Crippen molar-refractivity contribution in [2.75, 3.05) is 45.2 Å². The molecule has 1 aromatic rings. The zero-order valence-corrected chi connectivity index (χ0v) is 14.8. The number of ether oxygens (including phenoxy) is 1. The van der Waals surface area contributed by atoms with Crippen molar-refractivity contribution in [2.45, 2.75) is 6.92 Å². The van der Waals surface area contributed by atoms with E-state index >= 15 is 0 Å². The first kappa shape index (κ1) is 19.2. The Labute approximate surface area is 151 Å². The Morgan fingerprint density at radius 2 is 2.12 bits per heavy atom. The quantitative estimate of drug-likeness (QED) is 0.355. The number of benzene rings is 1. The minimum atomic E-state index is -0.586. The highest BCUT2D eigenvalue weighted by atomic mass is 16.6. The lowest BCUT2D eigenvalue weighted by molar-refractivity contribution is -0.384. The van der Waals surface area contributed by atoms with Crippen molar-refractivity contribution in [3.63, 3.8) is 0 Å². The monoisotopic (exact) mass is 359 g/mol. The van der Waals surface area contributed by atoms with Crippen LogP contribution in [-0.4, -0.2) is 60.5 Å². The Hall–Kier alpha value is -3.12. The van der Waals surface area contributed by atoms with E-state index in [1.807, 2.05) is 11.0 Å². The molecule has 1 aliphatic rings. The third kappa shape index (κ3) is 4.70. The summed E-state index contributed by atoms with van der Waals surface area (Å²) in [6.45, 7) is 6.31. The van der Waals surface area contributed by atoms with Gasteiger partial charge in [-0.05, 0) is 12.6 Å². The van der Waals surface area contributed by atoms with Gasteiger partial charge in [0, 0.05) is 38.4 Å². The summed E-state index contributed by atoms with van der Waals surface area (Å²) in [6.07, 6.45) is 1.56. The van der Waals surface area contributed by atoms with Crippen molar-refractivity contribution in [3.8, 4) is 11.8 Å². The lowest BCUT2D eigenvalue weighted by Gasteiger charge is -2.33. The number of methoxy groups -OCH3 is 1. The zero-order chi connectivity index (χ0) is 19.1. The molecular weight excluding hydrogens is 338 g/mol. The first-order chi connectivity index (χ1) is 12.5.